The molecule has 0 unspecified atom stereocenters. The fraction of sp³-hybridized carbons (Fsp3) is 0. The molecule has 6 aromatic rings. The summed E-state index contributed by atoms with van der Waals surface area (Å²) in [6.07, 6.45) is 0. The third-order valence-electron chi connectivity index (χ3n) is 6.10. The molecule has 0 aromatic heterocycles. The van der Waals surface area contributed by atoms with Crippen molar-refractivity contribution >= 4 is 48.2 Å². The molecule has 0 atom stereocenters. The van der Waals surface area contributed by atoms with Gasteiger partial charge in [-0.3, -0.25) is 0 Å². The normalized spacial score (nSPS) is 11.4. The topological polar surface area (TPSA) is 0 Å². The first kappa shape index (κ1) is 18.4. The SMILES string of the molecule is Brc1ccc2c3ccc(-c4cccc(-c5ccccc5)c4)cc3c3ccccc3c2c1. The maximum absolute atomic E-state index is 3.65. The monoisotopic (exact) mass is 458 g/mol. The molecule has 0 nitrogen and oxygen atoms in total. The van der Waals surface area contributed by atoms with Gasteiger partial charge in [-0.1, -0.05) is 107 Å². The minimum absolute atomic E-state index is 1.11. The summed E-state index contributed by atoms with van der Waals surface area (Å²) in [6, 6.07) is 41.6. The van der Waals surface area contributed by atoms with Crippen LogP contribution in [0, 0.1) is 0 Å². The number of halogens is 1. The molecule has 0 fully saturated rings. The molecule has 6 rings (SSSR count). The molecule has 0 radical (unpaired) electrons. The number of fused-ring (bicyclic) bond motifs is 6. The highest BCUT2D eigenvalue weighted by Crippen LogP contribution is 2.38. The lowest BCUT2D eigenvalue weighted by atomic mass is 9.91. The van der Waals surface area contributed by atoms with E-state index in [-0.39, 0.29) is 0 Å². The average molecular weight is 459 g/mol. The highest BCUT2D eigenvalue weighted by molar-refractivity contribution is 9.10. The average Bonchev–Trinajstić information content (AvgIpc) is 2.84. The summed E-state index contributed by atoms with van der Waals surface area (Å²) < 4.78 is 1.11. The summed E-state index contributed by atoms with van der Waals surface area (Å²) in [5.41, 5.74) is 4.97. The molecule has 0 heterocycles. The van der Waals surface area contributed by atoms with Crippen molar-refractivity contribution in [2.24, 2.45) is 0 Å². The van der Waals surface area contributed by atoms with Gasteiger partial charge in [-0.15, -0.1) is 0 Å². The van der Waals surface area contributed by atoms with E-state index in [2.05, 4.69) is 131 Å². The van der Waals surface area contributed by atoms with E-state index in [1.54, 1.807) is 0 Å². The van der Waals surface area contributed by atoms with Crippen LogP contribution in [0.3, 0.4) is 0 Å². The Morgan fingerprint density at radius 3 is 1.58 bits per heavy atom. The van der Waals surface area contributed by atoms with Crippen LogP contribution in [0.5, 0.6) is 0 Å². The Bertz CT molecular complexity index is 1560. The summed E-state index contributed by atoms with van der Waals surface area (Å²) in [4.78, 5) is 0. The molecule has 0 saturated heterocycles. The van der Waals surface area contributed by atoms with Gasteiger partial charge >= 0.3 is 0 Å². The van der Waals surface area contributed by atoms with E-state index >= 15 is 0 Å². The van der Waals surface area contributed by atoms with Crippen LogP contribution in [0.15, 0.2) is 120 Å². The fourth-order valence-corrected chi connectivity index (χ4v) is 4.98. The molecule has 0 N–H and O–H groups in total. The van der Waals surface area contributed by atoms with Crippen molar-refractivity contribution in [3.05, 3.63) is 120 Å². The van der Waals surface area contributed by atoms with Gasteiger partial charge < -0.3 is 0 Å². The van der Waals surface area contributed by atoms with E-state index in [1.807, 2.05) is 0 Å². The number of rotatable bonds is 2. The van der Waals surface area contributed by atoms with Gasteiger partial charge in [0.15, 0.2) is 0 Å². The van der Waals surface area contributed by atoms with Crippen LogP contribution in [0.1, 0.15) is 0 Å². The smallest absolute Gasteiger partial charge is 0.0181 e. The molecule has 0 aliphatic carbocycles. The van der Waals surface area contributed by atoms with Crippen molar-refractivity contribution in [3.63, 3.8) is 0 Å². The Morgan fingerprint density at radius 2 is 0.839 bits per heavy atom. The highest BCUT2D eigenvalue weighted by Gasteiger charge is 2.10. The van der Waals surface area contributed by atoms with Crippen LogP contribution in [0.4, 0.5) is 0 Å². The van der Waals surface area contributed by atoms with Gasteiger partial charge in [0.05, 0.1) is 0 Å². The molecule has 0 spiro atoms. The Kier molecular flexibility index (Phi) is 4.36. The summed E-state index contributed by atoms with van der Waals surface area (Å²) in [5.74, 6) is 0. The zero-order chi connectivity index (χ0) is 20.8. The third kappa shape index (κ3) is 3.13. The summed E-state index contributed by atoms with van der Waals surface area (Å²) >= 11 is 3.65. The van der Waals surface area contributed by atoms with Crippen LogP contribution in [-0.2, 0) is 0 Å². The van der Waals surface area contributed by atoms with E-state index < -0.39 is 0 Å². The zero-order valence-electron chi connectivity index (χ0n) is 16.8. The molecule has 6 aromatic carbocycles. The molecule has 0 amide bonds. The number of hydrogen-bond donors (Lipinski definition) is 0. The van der Waals surface area contributed by atoms with E-state index in [4.69, 9.17) is 0 Å². The maximum Gasteiger partial charge on any atom is 0.0181 e. The second kappa shape index (κ2) is 7.37. The van der Waals surface area contributed by atoms with Gasteiger partial charge in [0.1, 0.15) is 0 Å². The van der Waals surface area contributed by atoms with Gasteiger partial charge in [0.2, 0.25) is 0 Å². The standard InChI is InChI=1S/C30H19Br/c31-24-14-16-28-27-15-13-23(18-29(27)25-11-4-5-12-26(25)30(28)19-24)22-10-6-9-21(17-22)20-7-2-1-3-8-20/h1-19H. The van der Waals surface area contributed by atoms with E-state index in [9.17, 15) is 0 Å². The summed E-state index contributed by atoms with van der Waals surface area (Å²) in [6.45, 7) is 0. The maximum atomic E-state index is 3.65. The van der Waals surface area contributed by atoms with E-state index in [0.717, 1.165) is 4.47 Å². The molecule has 146 valence electrons. The van der Waals surface area contributed by atoms with Crippen molar-refractivity contribution in [2.75, 3.05) is 0 Å². The molecular weight excluding hydrogens is 440 g/mol. The minimum atomic E-state index is 1.11. The predicted molar refractivity (Wildman–Crippen MR) is 138 cm³/mol. The Labute approximate surface area is 189 Å². The molecule has 0 saturated carbocycles. The van der Waals surface area contributed by atoms with Crippen LogP contribution in [0.2, 0.25) is 0 Å². The number of hydrogen-bond acceptors (Lipinski definition) is 0. The number of benzene rings is 6. The molecule has 31 heavy (non-hydrogen) atoms. The molecule has 1 heteroatoms. The van der Waals surface area contributed by atoms with Crippen LogP contribution < -0.4 is 0 Å². The van der Waals surface area contributed by atoms with Crippen molar-refractivity contribution in [2.45, 2.75) is 0 Å². The lowest BCUT2D eigenvalue weighted by molar-refractivity contribution is 1.60. The summed E-state index contributed by atoms with van der Waals surface area (Å²) in [7, 11) is 0. The van der Waals surface area contributed by atoms with E-state index in [0.29, 0.717) is 0 Å². The lowest BCUT2D eigenvalue weighted by Crippen LogP contribution is -1.86. The first-order chi connectivity index (χ1) is 15.3. The Balaban J connectivity index is 1.62. The van der Waals surface area contributed by atoms with Gasteiger partial charge in [-0.2, -0.15) is 0 Å². The predicted octanol–water partition coefficient (Wildman–Crippen LogP) is 9.24. The quantitative estimate of drug-likeness (QED) is 0.226. The van der Waals surface area contributed by atoms with Crippen molar-refractivity contribution in [3.8, 4) is 22.3 Å². The van der Waals surface area contributed by atoms with Crippen LogP contribution in [-0.4, -0.2) is 0 Å². The first-order valence-electron chi connectivity index (χ1n) is 10.5. The van der Waals surface area contributed by atoms with Crippen LogP contribution in [0.25, 0.3) is 54.6 Å². The van der Waals surface area contributed by atoms with Crippen molar-refractivity contribution in [1.29, 1.82) is 0 Å². The summed E-state index contributed by atoms with van der Waals surface area (Å²) in [5, 5.41) is 7.76. The van der Waals surface area contributed by atoms with Crippen molar-refractivity contribution < 1.29 is 0 Å². The lowest BCUT2D eigenvalue weighted by Gasteiger charge is -2.13. The minimum Gasteiger partial charge on any atom is -0.0622 e. The second-order valence-electron chi connectivity index (χ2n) is 7.94. The van der Waals surface area contributed by atoms with E-state index in [1.165, 1.54) is 54.6 Å². The first-order valence-corrected chi connectivity index (χ1v) is 11.3. The Morgan fingerprint density at radius 1 is 0.323 bits per heavy atom. The second-order valence-corrected chi connectivity index (χ2v) is 8.86. The molecule has 0 aliphatic rings. The largest absolute Gasteiger partial charge is 0.0622 e. The van der Waals surface area contributed by atoms with Gasteiger partial charge in [0, 0.05) is 4.47 Å². The van der Waals surface area contributed by atoms with Crippen LogP contribution >= 0.6 is 15.9 Å². The van der Waals surface area contributed by atoms with Crippen molar-refractivity contribution in [1.82, 2.24) is 0 Å². The molecule has 0 bridgehead atoms. The van der Waals surface area contributed by atoms with Gasteiger partial charge in [-0.05, 0) is 78.8 Å². The van der Waals surface area contributed by atoms with Gasteiger partial charge in [-0.25, -0.2) is 0 Å². The zero-order valence-corrected chi connectivity index (χ0v) is 18.4. The molecular formula is C30H19Br. The highest BCUT2D eigenvalue weighted by atomic mass is 79.9. The van der Waals surface area contributed by atoms with Gasteiger partial charge in [0.25, 0.3) is 0 Å². The molecule has 0 aliphatic heterocycles. The fourth-order valence-electron chi connectivity index (χ4n) is 4.62. The third-order valence-corrected chi connectivity index (χ3v) is 6.60. The Hall–Kier alpha value is -3.42.